The molecule has 0 spiro atoms. The van der Waals surface area contributed by atoms with E-state index in [2.05, 4.69) is 15.5 Å². The average molecular weight is 402 g/mol. The molecule has 1 N–H and O–H groups in total. The van der Waals surface area contributed by atoms with Gasteiger partial charge in [-0.3, -0.25) is 4.79 Å². The van der Waals surface area contributed by atoms with E-state index in [4.69, 9.17) is 25.6 Å². The van der Waals surface area contributed by atoms with Crippen LogP contribution in [0.4, 0.5) is 0 Å². The van der Waals surface area contributed by atoms with Crippen LogP contribution in [-0.2, 0) is 11.3 Å². The van der Waals surface area contributed by atoms with E-state index in [1.54, 1.807) is 31.4 Å². The van der Waals surface area contributed by atoms with E-state index in [1.807, 2.05) is 31.2 Å². The molecule has 1 atom stereocenters. The fourth-order valence-electron chi connectivity index (χ4n) is 2.46. The number of ether oxygens (including phenoxy) is 2. The first-order valence-corrected chi connectivity index (χ1v) is 9.13. The van der Waals surface area contributed by atoms with Crippen molar-refractivity contribution in [1.29, 1.82) is 0 Å². The molecule has 1 heterocycles. The number of amides is 1. The minimum absolute atomic E-state index is 0.114. The SMILES string of the molecule is CCC(Oc1ccc(Cl)cc1)C(=O)NCc1nc(-c2ccc(OC)cc2)no1. The van der Waals surface area contributed by atoms with E-state index < -0.39 is 6.10 Å². The summed E-state index contributed by atoms with van der Waals surface area (Å²) in [7, 11) is 1.60. The first kappa shape index (κ1) is 19.7. The Hall–Kier alpha value is -3.06. The summed E-state index contributed by atoms with van der Waals surface area (Å²) in [5, 5.41) is 7.30. The van der Waals surface area contributed by atoms with Gasteiger partial charge >= 0.3 is 0 Å². The number of hydrogen-bond acceptors (Lipinski definition) is 6. The van der Waals surface area contributed by atoms with Crippen LogP contribution >= 0.6 is 11.6 Å². The minimum Gasteiger partial charge on any atom is -0.497 e. The zero-order valence-electron chi connectivity index (χ0n) is 15.5. The molecule has 3 rings (SSSR count). The van der Waals surface area contributed by atoms with Crippen LogP contribution < -0.4 is 14.8 Å². The molecule has 3 aromatic rings. The molecule has 146 valence electrons. The lowest BCUT2D eigenvalue weighted by Crippen LogP contribution is -2.37. The van der Waals surface area contributed by atoms with Crippen molar-refractivity contribution in [3.8, 4) is 22.9 Å². The van der Waals surface area contributed by atoms with Crippen molar-refractivity contribution in [3.05, 3.63) is 59.4 Å². The fourth-order valence-corrected chi connectivity index (χ4v) is 2.59. The Bertz CT molecular complexity index is 910. The maximum absolute atomic E-state index is 12.4. The molecule has 0 aliphatic carbocycles. The Kier molecular flexibility index (Phi) is 6.49. The monoisotopic (exact) mass is 401 g/mol. The van der Waals surface area contributed by atoms with E-state index in [9.17, 15) is 4.79 Å². The molecule has 1 aromatic heterocycles. The molecule has 0 fully saturated rings. The normalized spacial score (nSPS) is 11.7. The largest absolute Gasteiger partial charge is 0.497 e. The smallest absolute Gasteiger partial charge is 0.261 e. The van der Waals surface area contributed by atoms with E-state index in [-0.39, 0.29) is 12.5 Å². The second-order valence-corrected chi connectivity index (χ2v) is 6.36. The summed E-state index contributed by atoms with van der Waals surface area (Å²) < 4.78 is 16.1. The number of nitrogens with one attached hydrogen (secondary N) is 1. The van der Waals surface area contributed by atoms with Crippen LogP contribution in [0.5, 0.6) is 11.5 Å². The lowest BCUT2D eigenvalue weighted by molar-refractivity contribution is -0.128. The predicted octanol–water partition coefficient (Wildman–Crippen LogP) is 3.87. The van der Waals surface area contributed by atoms with Crippen molar-refractivity contribution in [2.24, 2.45) is 0 Å². The zero-order valence-corrected chi connectivity index (χ0v) is 16.3. The maximum Gasteiger partial charge on any atom is 0.261 e. The molecule has 7 nitrogen and oxygen atoms in total. The predicted molar refractivity (Wildman–Crippen MR) is 104 cm³/mol. The molecule has 28 heavy (non-hydrogen) atoms. The molecule has 0 saturated heterocycles. The summed E-state index contributed by atoms with van der Waals surface area (Å²) in [6, 6.07) is 14.1. The lowest BCUT2D eigenvalue weighted by atomic mass is 10.2. The molecular weight excluding hydrogens is 382 g/mol. The van der Waals surface area contributed by atoms with Crippen molar-refractivity contribution in [2.75, 3.05) is 7.11 Å². The highest BCUT2D eigenvalue weighted by atomic mass is 35.5. The fraction of sp³-hybridized carbons (Fsp3) is 0.250. The van der Waals surface area contributed by atoms with Crippen LogP contribution in [0.15, 0.2) is 53.1 Å². The Morgan fingerprint density at radius 1 is 1.14 bits per heavy atom. The molecule has 1 unspecified atom stereocenters. The second kappa shape index (κ2) is 9.23. The van der Waals surface area contributed by atoms with Gasteiger partial charge in [0.2, 0.25) is 11.7 Å². The standard InChI is InChI=1S/C20H20ClN3O4/c1-3-17(27-16-10-6-14(21)7-11-16)20(25)22-12-18-23-19(24-28-18)13-4-8-15(26-2)9-5-13/h4-11,17H,3,12H2,1-2H3,(H,22,25). The Morgan fingerprint density at radius 2 is 1.82 bits per heavy atom. The van der Waals surface area contributed by atoms with Crippen LogP contribution in [0.1, 0.15) is 19.2 Å². The van der Waals surface area contributed by atoms with E-state index in [0.29, 0.717) is 28.9 Å². The minimum atomic E-state index is -0.634. The number of aromatic nitrogens is 2. The molecular formula is C20H20ClN3O4. The zero-order chi connectivity index (χ0) is 19.9. The van der Waals surface area contributed by atoms with Crippen LogP contribution in [-0.4, -0.2) is 29.3 Å². The van der Waals surface area contributed by atoms with Gasteiger partial charge in [0.15, 0.2) is 6.10 Å². The van der Waals surface area contributed by atoms with Crippen molar-refractivity contribution in [3.63, 3.8) is 0 Å². The lowest BCUT2D eigenvalue weighted by Gasteiger charge is -2.16. The molecule has 2 aromatic carbocycles. The van der Waals surface area contributed by atoms with Crippen LogP contribution in [0.3, 0.4) is 0 Å². The van der Waals surface area contributed by atoms with Gasteiger partial charge in [-0.15, -0.1) is 0 Å². The topological polar surface area (TPSA) is 86.5 Å². The van der Waals surface area contributed by atoms with Gasteiger partial charge in [-0.1, -0.05) is 23.7 Å². The van der Waals surface area contributed by atoms with Gasteiger partial charge in [-0.2, -0.15) is 4.98 Å². The van der Waals surface area contributed by atoms with Gasteiger partial charge in [0, 0.05) is 10.6 Å². The van der Waals surface area contributed by atoms with E-state index in [1.165, 1.54) is 0 Å². The van der Waals surface area contributed by atoms with Crippen LogP contribution in [0.25, 0.3) is 11.4 Å². The third-order valence-corrected chi connectivity index (χ3v) is 4.24. The van der Waals surface area contributed by atoms with Gasteiger partial charge in [-0.05, 0) is 55.0 Å². The Labute approximate surface area is 167 Å². The molecule has 0 bridgehead atoms. The highest BCUT2D eigenvalue weighted by Crippen LogP contribution is 2.20. The van der Waals surface area contributed by atoms with Gasteiger partial charge in [0.25, 0.3) is 5.91 Å². The number of rotatable bonds is 8. The first-order chi connectivity index (χ1) is 13.6. The first-order valence-electron chi connectivity index (χ1n) is 8.76. The molecule has 0 aliphatic rings. The summed E-state index contributed by atoms with van der Waals surface area (Å²) in [5.74, 6) is 1.80. The number of halogens is 1. The summed E-state index contributed by atoms with van der Waals surface area (Å²) in [6.45, 7) is 1.98. The van der Waals surface area contributed by atoms with E-state index >= 15 is 0 Å². The van der Waals surface area contributed by atoms with Crippen molar-refractivity contribution in [1.82, 2.24) is 15.5 Å². The number of methoxy groups -OCH3 is 1. The van der Waals surface area contributed by atoms with Gasteiger partial charge in [0.05, 0.1) is 13.7 Å². The molecule has 0 aliphatic heterocycles. The van der Waals surface area contributed by atoms with Crippen molar-refractivity contribution < 1.29 is 18.8 Å². The maximum atomic E-state index is 12.4. The number of nitrogens with zero attached hydrogens (tertiary/aromatic N) is 2. The highest BCUT2D eigenvalue weighted by molar-refractivity contribution is 6.30. The number of carbonyl (C=O) groups excluding carboxylic acids is 1. The molecule has 0 saturated carbocycles. The van der Waals surface area contributed by atoms with Crippen LogP contribution in [0, 0.1) is 0 Å². The van der Waals surface area contributed by atoms with Gasteiger partial charge in [-0.25, -0.2) is 0 Å². The molecule has 1 amide bonds. The highest BCUT2D eigenvalue weighted by Gasteiger charge is 2.19. The van der Waals surface area contributed by atoms with E-state index in [0.717, 1.165) is 11.3 Å². The second-order valence-electron chi connectivity index (χ2n) is 5.93. The number of benzene rings is 2. The third-order valence-electron chi connectivity index (χ3n) is 3.99. The number of hydrogen-bond donors (Lipinski definition) is 1. The molecule has 8 heteroatoms. The third kappa shape index (κ3) is 5.01. The van der Waals surface area contributed by atoms with Gasteiger partial charge < -0.3 is 19.3 Å². The number of carbonyl (C=O) groups is 1. The summed E-state index contributed by atoms with van der Waals surface area (Å²) in [5.41, 5.74) is 0.791. The summed E-state index contributed by atoms with van der Waals surface area (Å²) in [4.78, 5) is 16.7. The van der Waals surface area contributed by atoms with Crippen molar-refractivity contribution >= 4 is 17.5 Å². The molecule has 0 radical (unpaired) electrons. The van der Waals surface area contributed by atoms with Crippen LogP contribution in [0.2, 0.25) is 5.02 Å². The summed E-state index contributed by atoms with van der Waals surface area (Å²) >= 11 is 5.86. The average Bonchev–Trinajstić information content (AvgIpc) is 3.20. The summed E-state index contributed by atoms with van der Waals surface area (Å²) in [6.07, 6.45) is -0.125. The quantitative estimate of drug-likeness (QED) is 0.616. The van der Waals surface area contributed by atoms with Crippen molar-refractivity contribution in [2.45, 2.75) is 26.0 Å². The Balaban J connectivity index is 1.57. The Morgan fingerprint density at radius 3 is 2.46 bits per heavy atom. The van der Waals surface area contributed by atoms with Gasteiger partial charge in [0.1, 0.15) is 11.5 Å².